The molecule has 0 atom stereocenters. The molecule has 0 aliphatic heterocycles. The van der Waals surface area contributed by atoms with Crippen molar-refractivity contribution in [1.82, 2.24) is 79.2 Å². The van der Waals surface area contributed by atoms with Gasteiger partial charge >= 0.3 is 0 Å². The number of nitrogens with two attached hydrogens (primary N) is 4. The van der Waals surface area contributed by atoms with Crippen LogP contribution in [-0.4, -0.2) is 400 Å². The Balaban J connectivity index is 0. The monoisotopic (exact) mass is 1190 g/mol. The highest BCUT2D eigenvalue weighted by Gasteiger charge is 2.17. The average Bonchev–Trinajstić information content (AvgIpc) is 3.45. The lowest BCUT2D eigenvalue weighted by Gasteiger charge is -2.33. The molecule has 20 heteroatoms. The zero-order valence-electron chi connectivity index (χ0n) is 58.2. The average molecular weight is 1190 g/mol. The van der Waals surface area contributed by atoms with E-state index < -0.39 is 0 Å². The number of hydrogen-bond donors (Lipinski definition) is 6. The maximum Gasteiger partial charge on any atom is 0.0110 e. The molecule has 0 bridgehead atoms. The van der Waals surface area contributed by atoms with Crippen LogP contribution in [0.2, 0.25) is 0 Å². The highest BCUT2D eigenvalue weighted by atomic mass is 15.3. The van der Waals surface area contributed by atoms with Crippen LogP contribution in [-0.2, 0) is 0 Å². The summed E-state index contributed by atoms with van der Waals surface area (Å²) in [5.74, 6) is 0. The maximum atomic E-state index is 5.83. The van der Waals surface area contributed by atoms with E-state index in [0.29, 0.717) is 19.6 Å². The normalized spacial score (nSPS) is 12.6. The van der Waals surface area contributed by atoms with Gasteiger partial charge in [-0.2, -0.15) is 0 Å². The highest BCUT2D eigenvalue weighted by Crippen LogP contribution is 2.05. The molecule has 83 heavy (non-hydrogen) atoms. The molecule has 20 nitrogen and oxygen atoms in total. The van der Waals surface area contributed by atoms with Crippen molar-refractivity contribution in [1.29, 1.82) is 0 Å². The third-order valence-corrected chi connectivity index (χ3v) is 15.8. The van der Waals surface area contributed by atoms with E-state index in [1.807, 2.05) is 0 Å². The predicted octanol–water partition coefficient (Wildman–Crippen LogP) is 1.10. The Morgan fingerprint density at radius 3 is 0.783 bits per heavy atom. The molecular formula is C63H150N20. The Kier molecular flexibility index (Phi) is 62.4. The Morgan fingerprint density at radius 1 is 0.205 bits per heavy atom. The van der Waals surface area contributed by atoms with Gasteiger partial charge < -0.3 is 82.6 Å². The first-order valence-corrected chi connectivity index (χ1v) is 34.0. The molecule has 0 radical (unpaired) electrons. The van der Waals surface area contributed by atoms with Crippen LogP contribution in [0.25, 0.3) is 0 Å². The van der Waals surface area contributed by atoms with E-state index in [4.69, 9.17) is 22.9 Å². The van der Waals surface area contributed by atoms with Crippen molar-refractivity contribution < 1.29 is 0 Å². The van der Waals surface area contributed by atoms with E-state index in [0.717, 1.165) is 223 Å². The molecule has 0 saturated heterocycles. The van der Waals surface area contributed by atoms with Crippen LogP contribution in [0.5, 0.6) is 0 Å². The molecule has 0 aromatic carbocycles. The van der Waals surface area contributed by atoms with Gasteiger partial charge in [-0.3, -0.25) is 19.6 Å². The minimum absolute atomic E-state index is 0.687. The summed E-state index contributed by atoms with van der Waals surface area (Å²) in [4.78, 5) is 35.4. The second-order valence-corrected chi connectivity index (χ2v) is 24.8. The predicted molar refractivity (Wildman–Crippen MR) is 367 cm³/mol. The Hall–Kier alpha value is -0.800. The van der Waals surface area contributed by atoms with E-state index in [-0.39, 0.29) is 0 Å². The third kappa shape index (κ3) is 56.2. The zero-order valence-corrected chi connectivity index (χ0v) is 58.2. The largest absolute Gasteiger partial charge is 0.329 e. The quantitative estimate of drug-likeness (QED) is 0.0478. The van der Waals surface area contributed by atoms with Gasteiger partial charge in [0.15, 0.2) is 0 Å². The van der Waals surface area contributed by atoms with Gasteiger partial charge in [-0.25, -0.2) is 0 Å². The summed E-state index contributed by atoms with van der Waals surface area (Å²) in [5, 5.41) is 7.13. The first kappa shape index (κ1) is 84.3. The summed E-state index contributed by atoms with van der Waals surface area (Å²) < 4.78 is 0. The van der Waals surface area contributed by atoms with Gasteiger partial charge in [0.05, 0.1) is 0 Å². The number of likely N-dealkylation sites (N-methyl/N-ethyl adjacent to an activating group) is 6. The first-order valence-electron chi connectivity index (χ1n) is 34.0. The van der Waals surface area contributed by atoms with Crippen molar-refractivity contribution in [2.24, 2.45) is 22.9 Å². The number of hydrogen-bond acceptors (Lipinski definition) is 20. The Bertz CT molecular complexity index is 1260. The summed E-state index contributed by atoms with van der Waals surface area (Å²) in [6, 6.07) is 0. The van der Waals surface area contributed by atoms with Crippen LogP contribution < -0.4 is 33.6 Å². The lowest BCUT2D eigenvalue weighted by atomic mass is 10.2. The van der Waals surface area contributed by atoms with E-state index in [1.54, 1.807) is 0 Å². The summed E-state index contributed by atoms with van der Waals surface area (Å²) in [6.45, 7) is 54.8. The number of rotatable bonds is 63. The van der Waals surface area contributed by atoms with Crippen molar-refractivity contribution >= 4 is 0 Å². The summed E-state index contributed by atoms with van der Waals surface area (Å²) in [7, 11) is 20.0. The lowest BCUT2D eigenvalue weighted by Crippen LogP contribution is -2.46. The minimum atomic E-state index is 0.687. The second-order valence-electron chi connectivity index (χ2n) is 24.8. The molecule has 0 aromatic rings. The molecule has 0 aromatic heterocycles. The molecule has 0 fully saturated rings. The lowest BCUT2D eigenvalue weighted by molar-refractivity contribution is 0.141. The molecule has 0 spiro atoms. The van der Waals surface area contributed by atoms with Gasteiger partial charge in [-0.15, -0.1) is 0 Å². The van der Waals surface area contributed by atoms with Crippen molar-refractivity contribution in [3.8, 4) is 0 Å². The van der Waals surface area contributed by atoms with E-state index in [1.165, 1.54) is 77.5 Å². The van der Waals surface area contributed by atoms with E-state index >= 15 is 0 Å². The van der Waals surface area contributed by atoms with Gasteiger partial charge in [0.2, 0.25) is 0 Å². The third-order valence-electron chi connectivity index (χ3n) is 15.8. The van der Waals surface area contributed by atoms with Gasteiger partial charge in [-0.05, 0) is 128 Å². The van der Waals surface area contributed by atoms with Gasteiger partial charge in [0.25, 0.3) is 0 Å². The Morgan fingerprint density at radius 2 is 0.458 bits per heavy atom. The first-order chi connectivity index (χ1) is 40.0. The molecule has 0 unspecified atom stereocenters. The fourth-order valence-electron chi connectivity index (χ4n) is 10.2. The molecule has 10 N–H and O–H groups in total. The SMILES string of the molecule is CCCCCCN(CCN(CCN)CCN)CCN(CCNCCN)CCNCCN(CCC)CCN.CCCN(C)CCN(CCN(CCC)CCN(C)C)CCN(CCN(C)CCN(C)C)CCN(C)CCN(CCC)CCN(C)C. The smallest absolute Gasteiger partial charge is 0.0110 e. The summed E-state index contributed by atoms with van der Waals surface area (Å²) in [6.07, 6.45) is 10.0. The summed E-state index contributed by atoms with van der Waals surface area (Å²) >= 11 is 0. The molecule has 0 aliphatic rings. The molecule has 0 saturated carbocycles. The molecule has 0 heterocycles. The van der Waals surface area contributed by atoms with Gasteiger partial charge in [0.1, 0.15) is 0 Å². The standard InChI is InChI=1S/C36H84N10.C27H66N10/c1-13-16-40(10)23-30-46(34-33-44(18-15-3)28-21-39(8)9)36-35-45(31-25-41(11)22-19-37(4)5)32-26-42(12)24-29-43(17-14-2)27-20-38(6)7;1-3-5-6-7-17-35(24-26-36(19-10-30)20-11-31)25-27-37(22-13-32-12-8-28)23-15-33-14-21-34(16-4-2)18-9-29/h13-36H2,1-12H3;32-33H,3-31H2,1-2H3. The number of unbranched alkanes of at least 4 members (excludes halogenated alkanes) is 3. The topological polar surface area (TPSA) is 174 Å². The van der Waals surface area contributed by atoms with Crippen LogP contribution in [0.1, 0.15) is 86.0 Å². The van der Waals surface area contributed by atoms with Crippen LogP contribution >= 0.6 is 0 Å². The van der Waals surface area contributed by atoms with Crippen LogP contribution in [0, 0.1) is 0 Å². The van der Waals surface area contributed by atoms with Crippen molar-refractivity contribution in [3.05, 3.63) is 0 Å². The molecule has 0 rings (SSSR count). The molecular weight excluding hydrogens is 1040 g/mol. The van der Waals surface area contributed by atoms with E-state index in [9.17, 15) is 0 Å². The second kappa shape index (κ2) is 61.4. The van der Waals surface area contributed by atoms with Gasteiger partial charge in [-0.1, -0.05) is 53.9 Å². The summed E-state index contributed by atoms with van der Waals surface area (Å²) in [5.41, 5.74) is 23.1. The van der Waals surface area contributed by atoms with Crippen molar-refractivity contribution in [3.63, 3.8) is 0 Å². The van der Waals surface area contributed by atoms with Crippen LogP contribution in [0.4, 0.5) is 0 Å². The van der Waals surface area contributed by atoms with Crippen molar-refractivity contribution in [2.75, 3.05) is 332 Å². The van der Waals surface area contributed by atoms with Crippen molar-refractivity contribution in [2.45, 2.75) is 86.0 Å². The van der Waals surface area contributed by atoms with Crippen LogP contribution in [0.3, 0.4) is 0 Å². The van der Waals surface area contributed by atoms with E-state index in [2.05, 4.69) is 177 Å². The fourth-order valence-corrected chi connectivity index (χ4v) is 10.2. The maximum absolute atomic E-state index is 5.83. The molecule has 0 aliphatic carbocycles. The number of nitrogens with zero attached hydrogens (tertiary/aromatic N) is 14. The van der Waals surface area contributed by atoms with Gasteiger partial charge in [0, 0.05) is 236 Å². The van der Waals surface area contributed by atoms with Crippen LogP contribution in [0.15, 0.2) is 0 Å². The fraction of sp³-hybridized carbons (Fsp3) is 1.00. The Labute approximate surface area is 517 Å². The number of nitrogens with one attached hydrogen (secondary N) is 2. The zero-order chi connectivity index (χ0) is 62.1. The molecule has 0 amide bonds. The minimum Gasteiger partial charge on any atom is -0.329 e. The highest BCUT2D eigenvalue weighted by molar-refractivity contribution is 4.74. The molecule has 502 valence electrons.